The van der Waals surface area contributed by atoms with Gasteiger partial charge in [0.1, 0.15) is 5.82 Å². The smallest absolute Gasteiger partial charge is 0.310 e. The molecule has 8 heteroatoms. The molecule has 7 nitrogen and oxygen atoms in total. The Bertz CT molecular complexity index is 949. The number of imide groups is 1. The highest BCUT2D eigenvalue weighted by atomic mass is 19.1. The Balaban J connectivity index is 1.79. The van der Waals surface area contributed by atoms with Crippen molar-refractivity contribution < 1.29 is 14.0 Å². The predicted octanol–water partition coefficient (Wildman–Crippen LogP) is 1.92. The van der Waals surface area contributed by atoms with Gasteiger partial charge in [0.2, 0.25) is 5.91 Å². The maximum Gasteiger partial charge on any atom is 0.329 e. The van der Waals surface area contributed by atoms with Crippen LogP contribution in [0.2, 0.25) is 0 Å². The van der Waals surface area contributed by atoms with Crippen LogP contribution in [0.1, 0.15) is 25.3 Å². The third kappa shape index (κ3) is 2.76. The third-order valence-corrected chi connectivity index (χ3v) is 4.92. The lowest BCUT2D eigenvalue weighted by atomic mass is 9.95. The summed E-state index contributed by atoms with van der Waals surface area (Å²) in [6, 6.07) is 2.99. The molecular formula is C18H20FN5O2. The van der Waals surface area contributed by atoms with E-state index in [4.69, 9.17) is 0 Å². The quantitative estimate of drug-likeness (QED) is 0.861. The second kappa shape index (κ2) is 6.21. The molecule has 3 amide bonds. The van der Waals surface area contributed by atoms with Gasteiger partial charge in [0.05, 0.1) is 5.52 Å². The molecule has 0 spiro atoms. The van der Waals surface area contributed by atoms with Crippen LogP contribution < -0.4 is 15.5 Å². The number of rotatable bonds is 2. The van der Waals surface area contributed by atoms with Crippen LogP contribution in [-0.2, 0) is 11.8 Å². The van der Waals surface area contributed by atoms with Crippen molar-refractivity contribution >= 4 is 34.2 Å². The van der Waals surface area contributed by atoms with E-state index < -0.39 is 6.03 Å². The molecule has 1 atom stereocenters. The largest absolute Gasteiger partial charge is 0.329 e. The lowest BCUT2D eigenvalue weighted by Gasteiger charge is -2.24. The molecule has 136 valence electrons. The summed E-state index contributed by atoms with van der Waals surface area (Å²) in [5, 5.41) is 10.5. The van der Waals surface area contributed by atoms with Gasteiger partial charge in [-0.3, -0.25) is 19.7 Å². The first-order valence-electron chi connectivity index (χ1n) is 8.64. The van der Waals surface area contributed by atoms with Crippen LogP contribution >= 0.6 is 0 Å². The monoisotopic (exact) mass is 357 g/mol. The van der Waals surface area contributed by atoms with E-state index in [1.54, 1.807) is 17.8 Å². The first-order valence-corrected chi connectivity index (χ1v) is 8.64. The van der Waals surface area contributed by atoms with Gasteiger partial charge >= 0.3 is 6.03 Å². The molecule has 0 aliphatic carbocycles. The minimum Gasteiger partial charge on any atom is -0.310 e. The number of hydrogen-bond donors (Lipinski definition) is 2. The number of nitrogens with one attached hydrogen (secondary N) is 2. The molecule has 0 bridgehead atoms. The maximum absolute atomic E-state index is 14.9. The van der Waals surface area contributed by atoms with Gasteiger partial charge in [-0.25, -0.2) is 9.18 Å². The second-order valence-corrected chi connectivity index (χ2v) is 6.79. The highest BCUT2D eigenvalue weighted by Gasteiger charge is 2.28. The van der Waals surface area contributed by atoms with E-state index in [0.717, 1.165) is 17.5 Å². The Morgan fingerprint density at radius 3 is 2.85 bits per heavy atom. The Hall–Kier alpha value is -2.74. The van der Waals surface area contributed by atoms with Gasteiger partial charge in [-0.1, -0.05) is 6.08 Å². The van der Waals surface area contributed by atoms with E-state index in [1.807, 2.05) is 6.08 Å². The summed E-state index contributed by atoms with van der Waals surface area (Å²) < 4.78 is 16.5. The average molecular weight is 357 g/mol. The van der Waals surface area contributed by atoms with Crippen LogP contribution in [0.15, 0.2) is 18.2 Å². The summed E-state index contributed by atoms with van der Waals surface area (Å²) in [5.41, 5.74) is 2.28. The van der Waals surface area contributed by atoms with Crippen molar-refractivity contribution in [2.75, 3.05) is 18.0 Å². The highest BCUT2D eigenvalue weighted by molar-refractivity contribution is 6.09. The summed E-state index contributed by atoms with van der Waals surface area (Å²) in [6.45, 7) is 3.02. The Morgan fingerprint density at radius 1 is 1.31 bits per heavy atom. The minimum atomic E-state index is -0.527. The van der Waals surface area contributed by atoms with Crippen LogP contribution in [-0.4, -0.2) is 40.9 Å². The van der Waals surface area contributed by atoms with Gasteiger partial charge < -0.3 is 5.32 Å². The lowest BCUT2D eigenvalue weighted by Crippen LogP contribution is -2.49. The number of nitrogens with zero attached hydrogens (tertiary/aromatic N) is 3. The first-order chi connectivity index (χ1) is 12.4. The topological polar surface area (TPSA) is 79.3 Å². The SMILES string of the molecule is CC1CC(c2cc3c(cc2F)c(N2CCC(=O)NC2=O)nn3C)=CCN1. The summed E-state index contributed by atoms with van der Waals surface area (Å²) >= 11 is 0. The third-order valence-electron chi connectivity index (χ3n) is 4.92. The fraction of sp³-hybridized carbons (Fsp3) is 0.389. The number of amides is 3. The molecule has 3 heterocycles. The lowest BCUT2D eigenvalue weighted by molar-refractivity contribution is -0.120. The molecule has 2 aromatic rings. The van der Waals surface area contributed by atoms with Crippen LogP contribution in [0.3, 0.4) is 0 Å². The van der Waals surface area contributed by atoms with Crippen molar-refractivity contribution in [3.8, 4) is 0 Å². The summed E-state index contributed by atoms with van der Waals surface area (Å²) in [7, 11) is 1.76. The van der Waals surface area contributed by atoms with E-state index in [2.05, 4.69) is 22.7 Å². The molecule has 2 aliphatic heterocycles. The number of aryl methyl sites for hydroxylation is 1. The molecule has 0 saturated carbocycles. The highest BCUT2D eigenvalue weighted by Crippen LogP contribution is 2.33. The van der Waals surface area contributed by atoms with E-state index in [0.29, 0.717) is 29.4 Å². The zero-order valence-electron chi connectivity index (χ0n) is 14.7. The maximum atomic E-state index is 14.9. The zero-order chi connectivity index (χ0) is 18.4. The number of hydrogen-bond acceptors (Lipinski definition) is 4. The van der Waals surface area contributed by atoms with Crippen molar-refractivity contribution in [1.29, 1.82) is 0 Å². The number of carbonyl (C=O) groups is 2. The van der Waals surface area contributed by atoms with E-state index >= 15 is 0 Å². The number of urea groups is 1. The number of carbonyl (C=O) groups excluding carboxylic acids is 2. The van der Waals surface area contributed by atoms with E-state index in [-0.39, 0.29) is 24.7 Å². The number of fused-ring (bicyclic) bond motifs is 1. The van der Waals surface area contributed by atoms with Crippen molar-refractivity contribution in [3.05, 3.63) is 29.6 Å². The Kier molecular flexibility index (Phi) is 3.99. The van der Waals surface area contributed by atoms with Crippen molar-refractivity contribution in [2.45, 2.75) is 25.8 Å². The second-order valence-electron chi connectivity index (χ2n) is 6.79. The van der Waals surface area contributed by atoms with Gasteiger partial charge in [0.15, 0.2) is 5.82 Å². The van der Waals surface area contributed by atoms with Gasteiger partial charge in [-0.2, -0.15) is 5.10 Å². The fourth-order valence-electron chi connectivity index (χ4n) is 3.56. The summed E-state index contributed by atoms with van der Waals surface area (Å²) in [4.78, 5) is 24.9. The normalized spacial score (nSPS) is 21.1. The van der Waals surface area contributed by atoms with E-state index in [1.165, 1.54) is 11.0 Å². The molecular weight excluding hydrogens is 337 g/mol. The first kappa shape index (κ1) is 16.7. The standard InChI is InChI=1S/C18H20FN5O2/c1-10-7-11(3-5-20-10)12-9-15-13(8-14(12)19)17(22-23(15)2)24-6-4-16(25)21-18(24)26/h3,8-10,20H,4-7H2,1-2H3,(H,21,25,26). The number of halogens is 1. The van der Waals surface area contributed by atoms with E-state index in [9.17, 15) is 14.0 Å². The van der Waals surface area contributed by atoms with Gasteiger partial charge in [-0.15, -0.1) is 0 Å². The number of anilines is 1. The fourth-order valence-corrected chi connectivity index (χ4v) is 3.56. The Labute approximate surface area is 149 Å². The van der Waals surface area contributed by atoms with Crippen molar-refractivity contribution in [2.24, 2.45) is 7.05 Å². The Morgan fingerprint density at radius 2 is 2.12 bits per heavy atom. The molecule has 2 N–H and O–H groups in total. The van der Waals surface area contributed by atoms with Crippen LogP contribution in [0.25, 0.3) is 16.5 Å². The molecule has 1 unspecified atom stereocenters. The van der Waals surface area contributed by atoms with Crippen molar-refractivity contribution in [3.63, 3.8) is 0 Å². The van der Waals surface area contributed by atoms with Gasteiger partial charge in [0, 0.05) is 43.5 Å². The molecule has 1 aromatic carbocycles. The summed E-state index contributed by atoms with van der Waals surface area (Å²) in [5.74, 6) is -0.280. The average Bonchev–Trinajstić information content (AvgIpc) is 2.90. The molecule has 1 fully saturated rings. The van der Waals surface area contributed by atoms with Crippen LogP contribution in [0.5, 0.6) is 0 Å². The number of benzene rings is 1. The van der Waals surface area contributed by atoms with Gasteiger partial charge in [0.25, 0.3) is 0 Å². The minimum absolute atomic E-state index is 0.197. The van der Waals surface area contributed by atoms with Crippen molar-refractivity contribution in [1.82, 2.24) is 20.4 Å². The molecule has 4 rings (SSSR count). The summed E-state index contributed by atoms with van der Waals surface area (Å²) in [6.07, 6.45) is 2.96. The molecule has 1 aromatic heterocycles. The van der Waals surface area contributed by atoms with Gasteiger partial charge in [-0.05, 0) is 31.1 Å². The molecule has 26 heavy (non-hydrogen) atoms. The zero-order valence-corrected chi connectivity index (χ0v) is 14.7. The number of aromatic nitrogens is 2. The molecule has 2 aliphatic rings. The predicted molar refractivity (Wildman–Crippen MR) is 96.2 cm³/mol. The molecule has 0 radical (unpaired) electrons. The molecule has 1 saturated heterocycles. The van der Waals surface area contributed by atoms with Crippen LogP contribution in [0, 0.1) is 5.82 Å². The van der Waals surface area contributed by atoms with Crippen LogP contribution in [0.4, 0.5) is 15.0 Å².